The number of hydrogen-bond acceptors (Lipinski definition) is 3. The molecule has 1 atom stereocenters. The first-order chi connectivity index (χ1) is 17.0. The van der Waals surface area contributed by atoms with E-state index < -0.39 is 0 Å². The molecule has 2 aliphatic rings. The monoisotopic (exact) mass is 475 g/mol. The number of nitrogens with zero attached hydrogens (tertiary/aromatic N) is 1. The third-order valence-corrected chi connectivity index (χ3v) is 7.62. The summed E-state index contributed by atoms with van der Waals surface area (Å²) in [5, 5.41) is 6.46. The van der Waals surface area contributed by atoms with E-state index in [-0.39, 0.29) is 29.6 Å². The zero-order chi connectivity index (χ0) is 24.6. The van der Waals surface area contributed by atoms with Gasteiger partial charge in [-0.1, -0.05) is 75.6 Å². The van der Waals surface area contributed by atoms with Crippen molar-refractivity contribution in [2.24, 2.45) is 11.8 Å². The molecule has 0 radical (unpaired) electrons. The topological polar surface area (TPSA) is 61.4 Å². The lowest BCUT2D eigenvalue weighted by Crippen LogP contribution is -2.44. The van der Waals surface area contributed by atoms with Gasteiger partial charge in [0, 0.05) is 24.2 Å². The van der Waals surface area contributed by atoms with Gasteiger partial charge in [0.2, 0.25) is 11.8 Å². The summed E-state index contributed by atoms with van der Waals surface area (Å²) in [7, 11) is 0. The van der Waals surface area contributed by atoms with Crippen LogP contribution < -0.4 is 10.6 Å². The normalized spacial score (nSPS) is 18.8. The minimum atomic E-state index is -0.182. The molecule has 2 aromatic rings. The molecule has 5 heteroatoms. The van der Waals surface area contributed by atoms with Crippen molar-refractivity contribution in [1.82, 2.24) is 10.2 Å². The van der Waals surface area contributed by atoms with Gasteiger partial charge < -0.3 is 10.6 Å². The predicted octanol–water partition coefficient (Wildman–Crippen LogP) is 5.73. The molecule has 35 heavy (non-hydrogen) atoms. The molecule has 2 amide bonds. The van der Waals surface area contributed by atoms with Gasteiger partial charge >= 0.3 is 0 Å². The first-order valence-electron chi connectivity index (χ1n) is 13.5. The predicted molar refractivity (Wildman–Crippen MR) is 142 cm³/mol. The van der Waals surface area contributed by atoms with Crippen molar-refractivity contribution in [3.63, 3.8) is 0 Å². The first-order valence-corrected chi connectivity index (χ1v) is 13.5. The van der Waals surface area contributed by atoms with Gasteiger partial charge in [0.1, 0.15) is 0 Å². The number of piperidine rings is 1. The second-order valence-corrected chi connectivity index (χ2v) is 10.7. The van der Waals surface area contributed by atoms with Crippen molar-refractivity contribution in [3.05, 3.63) is 65.7 Å². The van der Waals surface area contributed by atoms with Crippen LogP contribution in [-0.2, 0) is 16.1 Å². The van der Waals surface area contributed by atoms with E-state index in [9.17, 15) is 9.59 Å². The molecule has 2 N–H and O–H groups in total. The Morgan fingerprint density at radius 3 is 2.31 bits per heavy atom. The number of carbonyl (C=O) groups is 2. The highest BCUT2D eigenvalue weighted by Gasteiger charge is 2.27. The summed E-state index contributed by atoms with van der Waals surface area (Å²) in [4.78, 5) is 28.3. The molecule has 4 rings (SSSR count). The van der Waals surface area contributed by atoms with Gasteiger partial charge in [0.25, 0.3) is 0 Å². The van der Waals surface area contributed by atoms with E-state index in [0.717, 1.165) is 56.6 Å². The van der Waals surface area contributed by atoms with Gasteiger partial charge in [0.15, 0.2) is 0 Å². The fourth-order valence-corrected chi connectivity index (χ4v) is 5.64. The summed E-state index contributed by atoms with van der Waals surface area (Å²) >= 11 is 0. The number of carbonyl (C=O) groups excluding carboxylic acids is 2. The lowest BCUT2D eigenvalue weighted by atomic mass is 9.87. The third-order valence-electron chi connectivity index (χ3n) is 7.62. The fraction of sp³-hybridized carbons (Fsp3) is 0.533. The summed E-state index contributed by atoms with van der Waals surface area (Å²) in [5.74, 6) is 0.466. The number of benzene rings is 2. The van der Waals surface area contributed by atoms with Gasteiger partial charge in [-0.25, -0.2) is 0 Å². The zero-order valence-electron chi connectivity index (χ0n) is 21.3. The Labute approximate surface area is 210 Å². The number of hydrogen-bond donors (Lipinski definition) is 2. The van der Waals surface area contributed by atoms with Crippen LogP contribution in [0.4, 0.5) is 5.69 Å². The Morgan fingerprint density at radius 1 is 0.914 bits per heavy atom. The fourth-order valence-electron chi connectivity index (χ4n) is 5.64. The van der Waals surface area contributed by atoms with Crippen LogP contribution in [-0.4, -0.2) is 35.8 Å². The average Bonchev–Trinajstić information content (AvgIpc) is 2.86. The molecule has 1 aliphatic carbocycles. The quantitative estimate of drug-likeness (QED) is 0.513. The third kappa shape index (κ3) is 7.17. The second-order valence-electron chi connectivity index (χ2n) is 10.7. The van der Waals surface area contributed by atoms with E-state index in [1.807, 2.05) is 42.5 Å². The van der Waals surface area contributed by atoms with Crippen molar-refractivity contribution < 1.29 is 9.59 Å². The summed E-state index contributed by atoms with van der Waals surface area (Å²) in [5.41, 5.74) is 3.08. The van der Waals surface area contributed by atoms with Crippen LogP contribution in [0.15, 0.2) is 54.6 Å². The zero-order valence-corrected chi connectivity index (χ0v) is 21.3. The van der Waals surface area contributed by atoms with Crippen LogP contribution in [0.2, 0.25) is 0 Å². The van der Waals surface area contributed by atoms with E-state index in [1.54, 1.807) is 0 Å². The molecule has 0 spiro atoms. The highest BCUT2D eigenvalue weighted by atomic mass is 16.2. The van der Waals surface area contributed by atoms with Crippen molar-refractivity contribution in [2.75, 3.05) is 18.4 Å². The molecule has 5 nitrogen and oxygen atoms in total. The van der Waals surface area contributed by atoms with Gasteiger partial charge in [-0.3, -0.25) is 14.5 Å². The Hall–Kier alpha value is -2.66. The molecule has 1 aliphatic heterocycles. The molecule has 1 unspecified atom stereocenters. The van der Waals surface area contributed by atoms with Crippen molar-refractivity contribution in [1.29, 1.82) is 0 Å². The van der Waals surface area contributed by atoms with Crippen LogP contribution in [0.3, 0.4) is 0 Å². The Kier molecular flexibility index (Phi) is 8.97. The molecule has 1 heterocycles. The van der Waals surface area contributed by atoms with Crippen LogP contribution in [0.5, 0.6) is 0 Å². The number of likely N-dealkylation sites (tertiary alicyclic amines) is 1. The van der Waals surface area contributed by atoms with Gasteiger partial charge in [-0.05, 0) is 68.0 Å². The van der Waals surface area contributed by atoms with Crippen molar-refractivity contribution in [3.8, 4) is 0 Å². The van der Waals surface area contributed by atoms with E-state index in [0.29, 0.717) is 6.04 Å². The summed E-state index contributed by atoms with van der Waals surface area (Å²) < 4.78 is 0. The molecule has 1 saturated heterocycles. The number of nitrogens with one attached hydrogen (secondary N) is 2. The van der Waals surface area contributed by atoms with Gasteiger partial charge in [-0.2, -0.15) is 0 Å². The minimum absolute atomic E-state index is 0.0353. The first kappa shape index (κ1) is 25.4. The largest absolute Gasteiger partial charge is 0.353 e. The summed E-state index contributed by atoms with van der Waals surface area (Å²) in [6, 6.07) is 18.6. The van der Waals surface area contributed by atoms with Gasteiger partial charge in [-0.15, -0.1) is 0 Å². The maximum absolute atomic E-state index is 13.1. The molecule has 2 aromatic carbocycles. The number of anilines is 1. The maximum Gasteiger partial charge on any atom is 0.232 e. The molecule has 188 valence electrons. The van der Waals surface area contributed by atoms with Crippen molar-refractivity contribution >= 4 is 17.5 Å². The van der Waals surface area contributed by atoms with Crippen LogP contribution in [0, 0.1) is 11.8 Å². The molecular weight excluding hydrogens is 434 g/mol. The van der Waals surface area contributed by atoms with E-state index in [1.165, 1.54) is 24.8 Å². The Morgan fingerprint density at radius 2 is 1.63 bits per heavy atom. The van der Waals surface area contributed by atoms with E-state index >= 15 is 0 Å². The second kappa shape index (κ2) is 12.3. The number of amides is 2. The van der Waals surface area contributed by atoms with Crippen LogP contribution in [0.1, 0.15) is 75.8 Å². The van der Waals surface area contributed by atoms with E-state index in [2.05, 4.69) is 41.5 Å². The highest BCUT2D eigenvalue weighted by molar-refractivity contribution is 5.96. The molecular formula is C30H41N3O2. The molecule has 0 aromatic heterocycles. The van der Waals surface area contributed by atoms with E-state index in [4.69, 9.17) is 0 Å². The molecule has 0 bridgehead atoms. The lowest BCUT2D eigenvalue weighted by molar-refractivity contribution is -0.127. The maximum atomic E-state index is 13.1. The molecule has 1 saturated carbocycles. The standard InChI is InChI=1S/C30H41N3O2/c1-22(2)28(24-11-5-3-6-12-24)30(35)32-27-15-9-10-23(20-27)21-33-18-16-25(17-19-33)29(34)31-26-13-7-4-8-14-26/h3,5-6,9-12,15,20,22,25-26,28H,4,7-8,13-14,16-19,21H2,1-2H3,(H,31,34)(H,32,35). The Balaban J connectivity index is 1.28. The minimum Gasteiger partial charge on any atom is -0.353 e. The number of rotatable bonds is 8. The van der Waals surface area contributed by atoms with Crippen LogP contribution >= 0.6 is 0 Å². The van der Waals surface area contributed by atoms with Crippen molar-refractivity contribution in [2.45, 2.75) is 77.3 Å². The summed E-state index contributed by atoms with van der Waals surface area (Å²) in [6.45, 7) is 6.89. The lowest BCUT2D eigenvalue weighted by Gasteiger charge is -2.32. The van der Waals surface area contributed by atoms with Gasteiger partial charge in [0.05, 0.1) is 5.92 Å². The Bertz CT molecular complexity index is 961. The molecule has 2 fully saturated rings. The van der Waals surface area contributed by atoms with Crippen LogP contribution in [0.25, 0.3) is 0 Å². The smallest absolute Gasteiger partial charge is 0.232 e. The SMILES string of the molecule is CC(C)C(C(=O)Nc1cccc(CN2CCC(C(=O)NC3CCCCC3)CC2)c1)c1ccccc1. The summed E-state index contributed by atoms with van der Waals surface area (Å²) in [6.07, 6.45) is 7.91. The average molecular weight is 476 g/mol. The highest BCUT2D eigenvalue weighted by Crippen LogP contribution is 2.27.